The van der Waals surface area contributed by atoms with Gasteiger partial charge in [0.1, 0.15) is 23.2 Å². The van der Waals surface area contributed by atoms with Crippen molar-refractivity contribution in [2.75, 3.05) is 63.6 Å². The number of likely N-dealkylation sites (tertiary alicyclic amines) is 1. The SMILES string of the molecule is COc1ccccc1C(=O)N1CC[C@@H](Cc2nc(Nc3cc(C)[nH]n3)cc(N3CCN(C)CC3)n2)C1. The van der Waals surface area contributed by atoms with Gasteiger partial charge in [0.2, 0.25) is 0 Å². The zero-order valence-electron chi connectivity index (χ0n) is 21.2. The Hall–Kier alpha value is -3.66. The Morgan fingerprint density at radius 1 is 1.11 bits per heavy atom. The van der Waals surface area contributed by atoms with Gasteiger partial charge in [-0.1, -0.05) is 12.1 Å². The van der Waals surface area contributed by atoms with Crippen molar-refractivity contribution in [1.29, 1.82) is 0 Å². The zero-order valence-corrected chi connectivity index (χ0v) is 21.2. The molecule has 10 heteroatoms. The van der Waals surface area contributed by atoms with Crippen molar-refractivity contribution in [3.05, 3.63) is 53.5 Å². The summed E-state index contributed by atoms with van der Waals surface area (Å²) in [7, 11) is 3.74. The fourth-order valence-corrected chi connectivity index (χ4v) is 4.88. The van der Waals surface area contributed by atoms with Gasteiger partial charge in [0, 0.05) is 63.5 Å². The van der Waals surface area contributed by atoms with Gasteiger partial charge in [-0.15, -0.1) is 0 Å². The highest BCUT2D eigenvalue weighted by molar-refractivity contribution is 5.97. The van der Waals surface area contributed by atoms with Crippen molar-refractivity contribution in [3.63, 3.8) is 0 Å². The number of carbonyl (C=O) groups is 1. The molecule has 2 N–H and O–H groups in total. The summed E-state index contributed by atoms with van der Waals surface area (Å²) in [6.45, 7) is 7.23. The zero-order chi connectivity index (χ0) is 25.1. The van der Waals surface area contributed by atoms with Gasteiger partial charge in [-0.25, -0.2) is 9.97 Å². The monoisotopic (exact) mass is 490 g/mol. The van der Waals surface area contributed by atoms with Crippen LogP contribution in [0.25, 0.3) is 0 Å². The van der Waals surface area contributed by atoms with E-state index in [1.54, 1.807) is 7.11 Å². The molecule has 1 aromatic carbocycles. The molecular weight excluding hydrogens is 456 g/mol. The van der Waals surface area contributed by atoms with Gasteiger partial charge in [-0.2, -0.15) is 5.10 Å². The van der Waals surface area contributed by atoms with Crippen LogP contribution in [0, 0.1) is 12.8 Å². The summed E-state index contributed by atoms with van der Waals surface area (Å²) >= 11 is 0. The molecular formula is C26H34N8O2. The first-order valence-corrected chi connectivity index (χ1v) is 12.5. The first-order chi connectivity index (χ1) is 17.5. The van der Waals surface area contributed by atoms with Crippen LogP contribution in [0.3, 0.4) is 0 Å². The van der Waals surface area contributed by atoms with E-state index in [9.17, 15) is 4.79 Å². The van der Waals surface area contributed by atoms with Crippen LogP contribution in [-0.4, -0.2) is 89.3 Å². The van der Waals surface area contributed by atoms with E-state index in [0.29, 0.717) is 30.2 Å². The molecule has 2 aliphatic rings. The average molecular weight is 491 g/mol. The lowest BCUT2D eigenvalue weighted by Crippen LogP contribution is -2.45. The van der Waals surface area contributed by atoms with Gasteiger partial charge in [-0.05, 0) is 38.4 Å². The number of benzene rings is 1. The molecule has 2 saturated heterocycles. The van der Waals surface area contributed by atoms with Gasteiger partial charge < -0.3 is 24.8 Å². The van der Waals surface area contributed by atoms with Crippen LogP contribution in [0.5, 0.6) is 5.75 Å². The number of amides is 1. The van der Waals surface area contributed by atoms with Crippen LogP contribution in [0.2, 0.25) is 0 Å². The van der Waals surface area contributed by atoms with Gasteiger partial charge in [-0.3, -0.25) is 9.89 Å². The van der Waals surface area contributed by atoms with Crippen LogP contribution >= 0.6 is 0 Å². The number of anilines is 3. The molecule has 0 aliphatic carbocycles. The number of ether oxygens (including phenoxy) is 1. The van der Waals surface area contributed by atoms with Crippen molar-refractivity contribution >= 4 is 23.4 Å². The van der Waals surface area contributed by atoms with Crippen LogP contribution in [-0.2, 0) is 6.42 Å². The topological polar surface area (TPSA) is 103 Å². The fraction of sp³-hybridized carbons (Fsp3) is 0.462. The lowest BCUT2D eigenvalue weighted by molar-refractivity contribution is 0.0783. The van der Waals surface area contributed by atoms with E-state index in [1.165, 1.54) is 0 Å². The standard InChI is InChI=1S/C26H34N8O2/c1-18-14-24(31-30-18)28-23-16-25(33-12-10-32(2)11-13-33)29-22(27-23)15-19-8-9-34(17-19)26(35)20-6-4-5-7-21(20)36-3/h4-7,14,16,19H,8-13,15,17H2,1-3H3,(H2,27,28,29,30,31)/t19-/m0/s1. The van der Waals surface area contributed by atoms with E-state index in [0.717, 1.165) is 68.1 Å². The summed E-state index contributed by atoms with van der Waals surface area (Å²) < 4.78 is 5.40. The second-order valence-electron chi connectivity index (χ2n) is 9.69. The van der Waals surface area contributed by atoms with E-state index in [1.807, 2.05) is 48.2 Å². The smallest absolute Gasteiger partial charge is 0.257 e. The highest BCUT2D eigenvalue weighted by atomic mass is 16.5. The number of hydrogen-bond acceptors (Lipinski definition) is 8. The number of aromatic nitrogens is 4. The fourth-order valence-electron chi connectivity index (χ4n) is 4.88. The quantitative estimate of drug-likeness (QED) is 0.521. The molecule has 0 bridgehead atoms. The Labute approximate surface area is 211 Å². The second-order valence-corrected chi connectivity index (χ2v) is 9.69. The summed E-state index contributed by atoms with van der Waals surface area (Å²) in [4.78, 5) is 29.5. The predicted octanol–water partition coefficient (Wildman–Crippen LogP) is 2.72. The molecule has 4 heterocycles. The summed E-state index contributed by atoms with van der Waals surface area (Å²) in [6.07, 6.45) is 1.63. The first kappa shape index (κ1) is 24.1. The van der Waals surface area contributed by atoms with Crippen molar-refractivity contribution in [3.8, 4) is 5.75 Å². The number of methoxy groups -OCH3 is 1. The molecule has 3 aromatic rings. The number of likely N-dealkylation sites (N-methyl/N-ethyl adjacent to an activating group) is 1. The summed E-state index contributed by atoms with van der Waals surface area (Å²) in [5.74, 6) is 4.11. The number of piperazine rings is 1. The van der Waals surface area contributed by atoms with E-state index < -0.39 is 0 Å². The molecule has 5 rings (SSSR count). The Kier molecular flexibility index (Phi) is 7.04. The van der Waals surface area contributed by atoms with Crippen LogP contribution < -0.4 is 15.0 Å². The average Bonchev–Trinajstić information content (AvgIpc) is 3.52. The number of nitrogens with one attached hydrogen (secondary N) is 2. The van der Waals surface area contributed by atoms with Crippen molar-refractivity contribution in [1.82, 2.24) is 30.0 Å². The van der Waals surface area contributed by atoms with Crippen molar-refractivity contribution < 1.29 is 9.53 Å². The molecule has 0 saturated carbocycles. The Morgan fingerprint density at radius 3 is 2.67 bits per heavy atom. The van der Waals surface area contributed by atoms with E-state index in [-0.39, 0.29) is 5.91 Å². The maximum atomic E-state index is 13.2. The Bertz CT molecular complexity index is 1200. The molecule has 2 aromatic heterocycles. The number of aryl methyl sites for hydroxylation is 1. The highest BCUT2D eigenvalue weighted by Crippen LogP contribution is 2.27. The molecule has 2 aliphatic heterocycles. The summed E-state index contributed by atoms with van der Waals surface area (Å²) in [5.41, 5.74) is 1.59. The van der Waals surface area contributed by atoms with Crippen LogP contribution in [0.4, 0.5) is 17.5 Å². The lowest BCUT2D eigenvalue weighted by atomic mass is 10.0. The minimum absolute atomic E-state index is 0.0123. The molecule has 190 valence electrons. The third-order valence-electron chi connectivity index (χ3n) is 6.93. The number of para-hydroxylation sites is 1. The highest BCUT2D eigenvalue weighted by Gasteiger charge is 2.29. The van der Waals surface area contributed by atoms with Crippen LogP contribution in [0.1, 0.15) is 28.3 Å². The van der Waals surface area contributed by atoms with E-state index in [4.69, 9.17) is 14.7 Å². The normalized spacial score (nSPS) is 18.5. The van der Waals surface area contributed by atoms with Gasteiger partial charge in [0.25, 0.3) is 5.91 Å². The van der Waals surface area contributed by atoms with E-state index >= 15 is 0 Å². The van der Waals surface area contributed by atoms with Gasteiger partial charge >= 0.3 is 0 Å². The van der Waals surface area contributed by atoms with Crippen molar-refractivity contribution in [2.45, 2.75) is 19.8 Å². The van der Waals surface area contributed by atoms with Crippen molar-refractivity contribution in [2.24, 2.45) is 5.92 Å². The second kappa shape index (κ2) is 10.5. The molecule has 36 heavy (non-hydrogen) atoms. The molecule has 10 nitrogen and oxygen atoms in total. The maximum absolute atomic E-state index is 13.2. The van der Waals surface area contributed by atoms with Gasteiger partial charge in [0.15, 0.2) is 5.82 Å². The molecule has 0 spiro atoms. The number of H-pyrrole nitrogens is 1. The van der Waals surface area contributed by atoms with Crippen LogP contribution in [0.15, 0.2) is 36.4 Å². The number of carbonyl (C=O) groups excluding carboxylic acids is 1. The minimum atomic E-state index is 0.0123. The number of aromatic amines is 1. The number of rotatable bonds is 7. The third kappa shape index (κ3) is 5.43. The molecule has 1 amide bonds. The molecule has 1 atom stereocenters. The summed E-state index contributed by atoms with van der Waals surface area (Å²) in [6, 6.07) is 11.4. The largest absolute Gasteiger partial charge is 0.496 e. The van der Waals surface area contributed by atoms with Gasteiger partial charge in [0.05, 0.1) is 12.7 Å². The Morgan fingerprint density at radius 2 is 1.92 bits per heavy atom. The Balaban J connectivity index is 1.32. The molecule has 0 unspecified atom stereocenters. The maximum Gasteiger partial charge on any atom is 0.257 e. The molecule has 0 radical (unpaired) electrons. The minimum Gasteiger partial charge on any atom is -0.496 e. The molecule has 2 fully saturated rings. The lowest BCUT2D eigenvalue weighted by Gasteiger charge is -2.33. The predicted molar refractivity (Wildman–Crippen MR) is 139 cm³/mol. The van der Waals surface area contributed by atoms with E-state index in [2.05, 4.69) is 32.4 Å². The third-order valence-corrected chi connectivity index (χ3v) is 6.93. The number of nitrogens with zero attached hydrogens (tertiary/aromatic N) is 6. The number of hydrogen-bond donors (Lipinski definition) is 2. The summed E-state index contributed by atoms with van der Waals surface area (Å²) in [5, 5.41) is 10.6. The first-order valence-electron chi connectivity index (χ1n) is 12.5.